The average molecular weight is 144 g/mol. The van der Waals surface area contributed by atoms with Gasteiger partial charge in [0.2, 0.25) is 0 Å². The Morgan fingerprint density at radius 3 is 2.50 bits per heavy atom. The molecule has 0 spiro atoms. The standard InChI is InChI=1S/C8H16O2/c1-6-4-5-10-7(2)8(6)9-3/h6-8H,4-5H2,1-3H3/t6?,7?,8-/m1/s1. The van der Waals surface area contributed by atoms with Crippen molar-refractivity contribution in [2.24, 2.45) is 5.92 Å². The van der Waals surface area contributed by atoms with Gasteiger partial charge in [-0.05, 0) is 19.3 Å². The number of hydrogen-bond acceptors (Lipinski definition) is 2. The van der Waals surface area contributed by atoms with Crippen LogP contribution in [0.4, 0.5) is 0 Å². The van der Waals surface area contributed by atoms with Crippen LogP contribution in [0.15, 0.2) is 0 Å². The van der Waals surface area contributed by atoms with Crippen LogP contribution in [0.2, 0.25) is 0 Å². The van der Waals surface area contributed by atoms with Crippen molar-refractivity contribution in [1.29, 1.82) is 0 Å². The van der Waals surface area contributed by atoms with Crippen LogP contribution in [0.5, 0.6) is 0 Å². The number of ether oxygens (including phenoxy) is 2. The lowest BCUT2D eigenvalue weighted by Crippen LogP contribution is -2.39. The van der Waals surface area contributed by atoms with Crippen LogP contribution in [0.25, 0.3) is 0 Å². The molecule has 1 fully saturated rings. The van der Waals surface area contributed by atoms with Crippen molar-refractivity contribution < 1.29 is 9.47 Å². The van der Waals surface area contributed by atoms with Crippen LogP contribution in [-0.4, -0.2) is 25.9 Å². The quantitative estimate of drug-likeness (QED) is 0.554. The average Bonchev–Trinajstić information content (AvgIpc) is 1.88. The minimum Gasteiger partial charge on any atom is -0.378 e. The van der Waals surface area contributed by atoms with Crippen LogP contribution >= 0.6 is 0 Å². The number of hydrogen-bond donors (Lipinski definition) is 0. The predicted octanol–water partition coefficient (Wildman–Crippen LogP) is 1.45. The summed E-state index contributed by atoms with van der Waals surface area (Å²) < 4.78 is 10.7. The number of rotatable bonds is 1. The third-order valence-corrected chi connectivity index (χ3v) is 2.25. The van der Waals surface area contributed by atoms with Crippen molar-refractivity contribution >= 4 is 0 Å². The molecule has 0 aromatic rings. The first-order valence-corrected chi connectivity index (χ1v) is 3.90. The molecule has 2 heteroatoms. The molecule has 2 unspecified atom stereocenters. The van der Waals surface area contributed by atoms with Gasteiger partial charge in [-0.25, -0.2) is 0 Å². The Bertz CT molecular complexity index is 93.4. The largest absolute Gasteiger partial charge is 0.378 e. The molecule has 0 aromatic heterocycles. The highest BCUT2D eigenvalue weighted by Crippen LogP contribution is 2.21. The van der Waals surface area contributed by atoms with Crippen molar-refractivity contribution in [3.8, 4) is 0 Å². The molecule has 1 saturated heterocycles. The molecule has 3 atom stereocenters. The van der Waals surface area contributed by atoms with Gasteiger partial charge in [0.15, 0.2) is 0 Å². The summed E-state index contributed by atoms with van der Waals surface area (Å²) >= 11 is 0. The molecule has 1 aliphatic rings. The zero-order valence-electron chi connectivity index (χ0n) is 6.96. The van der Waals surface area contributed by atoms with Gasteiger partial charge in [-0.15, -0.1) is 0 Å². The highest BCUT2D eigenvalue weighted by Gasteiger charge is 2.27. The molecular weight excluding hydrogens is 128 g/mol. The van der Waals surface area contributed by atoms with E-state index >= 15 is 0 Å². The summed E-state index contributed by atoms with van der Waals surface area (Å²) in [5.41, 5.74) is 0. The first-order valence-electron chi connectivity index (χ1n) is 3.90. The van der Waals surface area contributed by atoms with Crippen LogP contribution in [0, 0.1) is 5.92 Å². The van der Waals surface area contributed by atoms with E-state index in [1.54, 1.807) is 7.11 Å². The van der Waals surface area contributed by atoms with Gasteiger partial charge < -0.3 is 9.47 Å². The Kier molecular flexibility index (Phi) is 2.69. The van der Waals surface area contributed by atoms with Crippen molar-refractivity contribution in [3.05, 3.63) is 0 Å². The highest BCUT2D eigenvalue weighted by molar-refractivity contribution is 4.76. The summed E-state index contributed by atoms with van der Waals surface area (Å²) in [6, 6.07) is 0. The van der Waals surface area contributed by atoms with Crippen molar-refractivity contribution in [1.82, 2.24) is 0 Å². The maximum absolute atomic E-state index is 5.43. The Labute approximate surface area is 62.5 Å². The molecule has 0 saturated carbocycles. The molecule has 0 bridgehead atoms. The molecule has 0 amide bonds. The lowest BCUT2D eigenvalue weighted by atomic mass is 9.95. The van der Waals surface area contributed by atoms with Gasteiger partial charge in [-0.2, -0.15) is 0 Å². The Balaban J connectivity index is 2.45. The minimum atomic E-state index is 0.272. The second kappa shape index (κ2) is 3.35. The van der Waals surface area contributed by atoms with E-state index in [0.717, 1.165) is 13.0 Å². The normalized spacial score (nSPS) is 41.7. The van der Waals surface area contributed by atoms with Crippen LogP contribution in [0.3, 0.4) is 0 Å². The van der Waals surface area contributed by atoms with E-state index in [0.29, 0.717) is 12.0 Å². The highest BCUT2D eigenvalue weighted by atomic mass is 16.5. The monoisotopic (exact) mass is 144 g/mol. The van der Waals surface area contributed by atoms with E-state index < -0.39 is 0 Å². The molecule has 1 rings (SSSR count). The summed E-state index contributed by atoms with van der Waals surface area (Å²) in [6.07, 6.45) is 1.70. The molecule has 1 aliphatic heterocycles. The molecule has 1 heterocycles. The molecule has 10 heavy (non-hydrogen) atoms. The fourth-order valence-corrected chi connectivity index (χ4v) is 1.59. The second-order valence-electron chi connectivity index (χ2n) is 3.04. The van der Waals surface area contributed by atoms with E-state index in [-0.39, 0.29) is 6.10 Å². The van der Waals surface area contributed by atoms with E-state index in [1.807, 2.05) is 0 Å². The summed E-state index contributed by atoms with van der Waals surface area (Å²) in [5, 5.41) is 0. The summed E-state index contributed by atoms with van der Waals surface area (Å²) in [5.74, 6) is 0.647. The molecule has 0 aliphatic carbocycles. The second-order valence-corrected chi connectivity index (χ2v) is 3.04. The van der Waals surface area contributed by atoms with Gasteiger partial charge in [0, 0.05) is 13.7 Å². The lowest BCUT2D eigenvalue weighted by Gasteiger charge is -2.33. The first kappa shape index (κ1) is 8.02. The Morgan fingerprint density at radius 2 is 2.10 bits per heavy atom. The van der Waals surface area contributed by atoms with E-state index in [9.17, 15) is 0 Å². The van der Waals surface area contributed by atoms with Crippen LogP contribution < -0.4 is 0 Å². The molecule has 2 nitrogen and oxygen atoms in total. The molecule has 0 radical (unpaired) electrons. The SMILES string of the molecule is CO[C@@H]1C(C)CCOC1C. The minimum absolute atomic E-state index is 0.272. The first-order chi connectivity index (χ1) is 4.75. The maximum atomic E-state index is 5.43. The summed E-state index contributed by atoms with van der Waals surface area (Å²) in [6.45, 7) is 5.18. The van der Waals surface area contributed by atoms with Gasteiger partial charge in [-0.1, -0.05) is 6.92 Å². The maximum Gasteiger partial charge on any atom is 0.0856 e. The fourth-order valence-electron chi connectivity index (χ4n) is 1.59. The summed E-state index contributed by atoms with van der Waals surface area (Å²) in [7, 11) is 1.76. The Morgan fingerprint density at radius 1 is 1.40 bits per heavy atom. The molecule has 0 N–H and O–H groups in total. The van der Waals surface area contributed by atoms with Gasteiger partial charge in [0.05, 0.1) is 12.2 Å². The van der Waals surface area contributed by atoms with Crippen LogP contribution in [0.1, 0.15) is 20.3 Å². The molecule has 60 valence electrons. The molecule has 0 aromatic carbocycles. The zero-order valence-corrected chi connectivity index (χ0v) is 6.96. The lowest BCUT2D eigenvalue weighted by molar-refractivity contribution is -0.108. The van der Waals surface area contributed by atoms with Gasteiger partial charge in [0.1, 0.15) is 0 Å². The summed E-state index contributed by atoms with van der Waals surface area (Å²) in [4.78, 5) is 0. The fraction of sp³-hybridized carbons (Fsp3) is 1.00. The smallest absolute Gasteiger partial charge is 0.0856 e. The van der Waals surface area contributed by atoms with Crippen molar-refractivity contribution in [3.63, 3.8) is 0 Å². The van der Waals surface area contributed by atoms with E-state index in [1.165, 1.54) is 0 Å². The van der Waals surface area contributed by atoms with Gasteiger partial charge in [-0.3, -0.25) is 0 Å². The van der Waals surface area contributed by atoms with E-state index in [4.69, 9.17) is 9.47 Å². The van der Waals surface area contributed by atoms with Crippen LogP contribution in [-0.2, 0) is 9.47 Å². The van der Waals surface area contributed by atoms with Crippen molar-refractivity contribution in [2.75, 3.05) is 13.7 Å². The Hall–Kier alpha value is -0.0800. The zero-order chi connectivity index (χ0) is 7.56. The molecular formula is C8H16O2. The van der Waals surface area contributed by atoms with Gasteiger partial charge >= 0.3 is 0 Å². The third-order valence-electron chi connectivity index (χ3n) is 2.25. The van der Waals surface area contributed by atoms with Crippen molar-refractivity contribution in [2.45, 2.75) is 32.5 Å². The van der Waals surface area contributed by atoms with Gasteiger partial charge in [0.25, 0.3) is 0 Å². The van der Waals surface area contributed by atoms with E-state index in [2.05, 4.69) is 13.8 Å². The number of methoxy groups -OCH3 is 1. The topological polar surface area (TPSA) is 18.5 Å². The predicted molar refractivity (Wildman–Crippen MR) is 40.0 cm³/mol. The third kappa shape index (κ3) is 1.50.